The van der Waals surface area contributed by atoms with Crippen LogP contribution in [0.3, 0.4) is 0 Å². The van der Waals surface area contributed by atoms with Crippen LogP contribution in [0, 0.1) is 23.7 Å². The maximum atomic E-state index is 12.0. The van der Waals surface area contributed by atoms with Gasteiger partial charge in [-0.15, -0.1) is 0 Å². The lowest BCUT2D eigenvalue weighted by Gasteiger charge is -2.08. The quantitative estimate of drug-likeness (QED) is 0.856. The fourth-order valence-electron chi connectivity index (χ4n) is 2.75. The molecule has 1 aromatic carbocycles. The van der Waals surface area contributed by atoms with Gasteiger partial charge in [0, 0.05) is 28.4 Å². The van der Waals surface area contributed by atoms with Crippen molar-refractivity contribution in [3.8, 4) is 6.07 Å². The van der Waals surface area contributed by atoms with Crippen molar-refractivity contribution in [3.63, 3.8) is 0 Å². The smallest absolute Gasteiger partial charge is 0.226 e. The van der Waals surface area contributed by atoms with Crippen LogP contribution in [0.4, 0.5) is 0 Å². The van der Waals surface area contributed by atoms with Crippen LogP contribution in [0.5, 0.6) is 0 Å². The van der Waals surface area contributed by atoms with E-state index in [2.05, 4.69) is 41.5 Å². The van der Waals surface area contributed by atoms with Gasteiger partial charge in [-0.25, -0.2) is 0 Å². The minimum Gasteiger partial charge on any atom is -0.357 e. The van der Waals surface area contributed by atoms with Crippen molar-refractivity contribution in [2.75, 3.05) is 0 Å². The molecule has 2 aromatic rings. The van der Waals surface area contributed by atoms with Crippen LogP contribution >= 0.6 is 0 Å². The molecule has 1 aliphatic rings. The van der Waals surface area contributed by atoms with Crippen molar-refractivity contribution in [1.29, 1.82) is 5.26 Å². The number of H-pyrrole nitrogens is 1. The summed E-state index contributed by atoms with van der Waals surface area (Å²) >= 11 is 0. The normalized spacial score (nSPS) is 14.5. The second kappa shape index (κ2) is 7.53. The fraction of sp³-hybridized carbons (Fsp3) is 0.500. The zero-order valence-electron chi connectivity index (χ0n) is 15.1. The first kappa shape index (κ1) is 18.1. The number of benzene rings is 1. The van der Waals surface area contributed by atoms with Crippen molar-refractivity contribution < 1.29 is 4.79 Å². The zero-order chi connectivity index (χ0) is 17.7. The summed E-state index contributed by atoms with van der Waals surface area (Å²) in [5.41, 5.74) is 4.39. The molecule has 0 bridgehead atoms. The molecule has 1 heterocycles. The van der Waals surface area contributed by atoms with Crippen LogP contribution < -0.4 is 5.32 Å². The molecule has 24 heavy (non-hydrogen) atoms. The van der Waals surface area contributed by atoms with Crippen molar-refractivity contribution >= 4 is 16.8 Å². The van der Waals surface area contributed by atoms with Crippen LogP contribution in [-0.2, 0) is 17.8 Å². The Hall–Kier alpha value is -2.28. The Morgan fingerprint density at radius 3 is 2.67 bits per heavy atom. The number of aromatic amines is 1. The first-order valence-corrected chi connectivity index (χ1v) is 8.78. The van der Waals surface area contributed by atoms with Gasteiger partial charge >= 0.3 is 0 Å². The van der Waals surface area contributed by atoms with Gasteiger partial charge in [-0.2, -0.15) is 5.26 Å². The minimum absolute atomic E-state index is 0.132. The van der Waals surface area contributed by atoms with E-state index >= 15 is 0 Å². The molecule has 1 aromatic heterocycles. The van der Waals surface area contributed by atoms with Crippen molar-refractivity contribution in [2.45, 2.75) is 59.9 Å². The molecule has 128 valence electrons. The summed E-state index contributed by atoms with van der Waals surface area (Å²) in [6.45, 7) is 8.62. The minimum atomic E-state index is -0.132. The molecular weight excluding hydrogens is 298 g/mol. The number of carbonyl (C=O) groups excluding carboxylic acids is 1. The van der Waals surface area contributed by atoms with Gasteiger partial charge in [0.15, 0.2) is 0 Å². The Labute approximate surface area is 144 Å². The number of nitriles is 1. The number of amides is 1. The highest BCUT2D eigenvalue weighted by atomic mass is 16.2. The van der Waals surface area contributed by atoms with Crippen molar-refractivity contribution in [3.05, 3.63) is 35.0 Å². The molecule has 3 rings (SSSR count). The van der Waals surface area contributed by atoms with Crippen molar-refractivity contribution in [1.82, 2.24) is 10.3 Å². The number of hydrogen-bond acceptors (Lipinski definition) is 2. The van der Waals surface area contributed by atoms with Gasteiger partial charge in [0.05, 0.1) is 12.6 Å². The summed E-state index contributed by atoms with van der Waals surface area (Å²) in [6, 6.07) is 8.54. The lowest BCUT2D eigenvalue weighted by molar-refractivity contribution is -0.125. The summed E-state index contributed by atoms with van der Waals surface area (Å²) in [5, 5.41) is 12.9. The molecule has 0 radical (unpaired) electrons. The lowest BCUT2D eigenvalue weighted by atomic mass is 10.0. The maximum Gasteiger partial charge on any atom is 0.226 e. The van der Waals surface area contributed by atoms with Crippen molar-refractivity contribution in [2.24, 2.45) is 5.41 Å². The van der Waals surface area contributed by atoms with Crippen LogP contribution in [0.25, 0.3) is 10.9 Å². The Morgan fingerprint density at radius 2 is 2.04 bits per heavy atom. The van der Waals surface area contributed by atoms with E-state index < -0.39 is 0 Å². The molecular formula is C20H27N3O. The van der Waals surface area contributed by atoms with E-state index in [1.165, 1.54) is 11.1 Å². The Morgan fingerprint density at radius 1 is 1.33 bits per heavy atom. The largest absolute Gasteiger partial charge is 0.357 e. The average molecular weight is 325 g/mol. The first-order chi connectivity index (χ1) is 11.5. The fourth-order valence-corrected chi connectivity index (χ4v) is 2.75. The van der Waals surface area contributed by atoms with Gasteiger partial charge in [-0.05, 0) is 55.5 Å². The topological polar surface area (TPSA) is 68.7 Å². The summed E-state index contributed by atoms with van der Waals surface area (Å²) < 4.78 is 0. The highest BCUT2D eigenvalue weighted by Crippen LogP contribution is 2.45. The number of carbonyl (C=O) groups is 1. The second-order valence-corrected chi connectivity index (χ2v) is 6.56. The standard InChI is InChI=1S/C18H21N3O.C2H6/c1-12-8-16-14(9-13(12)4-3-7-19)10-15(21-16)11-20-17(22)18(2)5-6-18;1-2/h8-10,21H,3-6,11H2,1-2H3,(H,20,22);1-2H3. The molecule has 0 spiro atoms. The van der Waals surface area contributed by atoms with E-state index in [9.17, 15) is 4.79 Å². The van der Waals surface area contributed by atoms with Gasteiger partial charge in [-0.1, -0.05) is 20.8 Å². The molecule has 0 saturated heterocycles. The molecule has 2 N–H and O–H groups in total. The summed E-state index contributed by atoms with van der Waals surface area (Å²) in [4.78, 5) is 15.4. The van der Waals surface area contributed by atoms with E-state index in [1.807, 2.05) is 20.8 Å². The molecule has 0 atom stereocenters. The van der Waals surface area contributed by atoms with E-state index in [1.54, 1.807) is 0 Å². The number of aryl methyl sites for hydroxylation is 2. The third-order valence-electron chi connectivity index (χ3n) is 4.63. The maximum absolute atomic E-state index is 12.0. The highest BCUT2D eigenvalue weighted by molar-refractivity contribution is 5.85. The predicted molar refractivity (Wildman–Crippen MR) is 97.5 cm³/mol. The third kappa shape index (κ3) is 3.97. The monoisotopic (exact) mass is 325 g/mol. The van der Waals surface area contributed by atoms with Gasteiger partial charge in [-0.3, -0.25) is 4.79 Å². The van der Waals surface area contributed by atoms with Gasteiger partial charge in [0.25, 0.3) is 0 Å². The number of aromatic nitrogens is 1. The third-order valence-corrected chi connectivity index (χ3v) is 4.63. The van der Waals surface area contributed by atoms with E-state index in [4.69, 9.17) is 5.26 Å². The molecule has 0 unspecified atom stereocenters. The van der Waals surface area contributed by atoms with Crippen LogP contribution in [-0.4, -0.2) is 10.9 Å². The first-order valence-electron chi connectivity index (χ1n) is 8.78. The number of hydrogen-bond donors (Lipinski definition) is 2. The summed E-state index contributed by atoms with van der Waals surface area (Å²) in [5.74, 6) is 0.150. The molecule has 0 aliphatic heterocycles. The molecule has 1 amide bonds. The Bertz CT molecular complexity index is 763. The second-order valence-electron chi connectivity index (χ2n) is 6.56. The van der Waals surface area contributed by atoms with Crippen LogP contribution in [0.15, 0.2) is 18.2 Å². The van der Waals surface area contributed by atoms with E-state index in [-0.39, 0.29) is 11.3 Å². The Balaban J connectivity index is 0.00000100. The van der Waals surface area contributed by atoms with Crippen LogP contribution in [0.1, 0.15) is 56.9 Å². The summed E-state index contributed by atoms with van der Waals surface area (Å²) in [6.07, 6.45) is 3.31. The molecule has 4 heteroatoms. The van der Waals surface area contributed by atoms with Gasteiger partial charge in [0.1, 0.15) is 0 Å². The predicted octanol–water partition coefficient (Wildman–Crippen LogP) is 4.38. The van der Waals surface area contributed by atoms with Gasteiger partial charge in [0.2, 0.25) is 5.91 Å². The number of fused-ring (bicyclic) bond motifs is 1. The number of rotatable bonds is 5. The van der Waals surface area contributed by atoms with Crippen LogP contribution in [0.2, 0.25) is 0 Å². The Kier molecular flexibility index (Phi) is 5.66. The zero-order valence-corrected chi connectivity index (χ0v) is 15.1. The summed E-state index contributed by atoms with van der Waals surface area (Å²) in [7, 11) is 0. The molecule has 4 nitrogen and oxygen atoms in total. The number of nitrogens with one attached hydrogen (secondary N) is 2. The van der Waals surface area contributed by atoms with E-state index in [0.29, 0.717) is 13.0 Å². The highest BCUT2D eigenvalue weighted by Gasteiger charge is 2.44. The average Bonchev–Trinajstić information content (AvgIpc) is 3.22. The number of nitrogens with zero attached hydrogens (tertiary/aromatic N) is 1. The lowest BCUT2D eigenvalue weighted by Crippen LogP contribution is -2.29. The SMILES string of the molecule is CC.Cc1cc2[nH]c(CNC(=O)C3(C)CC3)cc2cc1CCC#N. The molecule has 1 saturated carbocycles. The van der Waals surface area contributed by atoms with Gasteiger partial charge < -0.3 is 10.3 Å². The molecule has 1 fully saturated rings. The van der Waals surface area contributed by atoms with E-state index in [0.717, 1.165) is 35.9 Å². The molecule has 1 aliphatic carbocycles.